The molecule has 1 unspecified atom stereocenters. The molecule has 0 saturated carbocycles. The fourth-order valence-electron chi connectivity index (χ4n) is 3.03. The molecule has 130 valence electrons. The highest BCUT2D eigenvalue weighted by Gasteiger charge is 2.36. The van der Waals surface area contributed by atoms with Crippen molar-refractivity contribution in [3.63, 3.8) is 0 Å². The second-order valence-corrected chi connectivity index (χ2v) is 6.08. The van der Waals surface area contributed by atoms with Crippen molar-refractivity contribution in [2.45, 2.75) is 38.8 Å². The number of ketones is 1. The number of hydrogen-bond donors (Lipinski definition) is 0. The molecule has 1 aromatic carbocycles. The lowest BCUT2D eigenvalue weighted by Gasteiger charge is -2.40. The van der Waals surface area contributed by atoms with E-state index in [4.69, 9.17) is 9.47 Å². The van der Waals surface area contributed by atoms with Gasteiger partial charge in [0.1, 0.15) is 11.8 Å². The Labute approximate surface area is 143 Å². The maximum Gasteiger partial charge on any atom is 0.328 e. The van der Waals surface area contributed by atoms with Crippen molar-refractivity contribution >= 4 is 11.8 Å². The first-order chi connectivity index (χ1) is 11.5. The second-order valence-electron chi connectivity index (χ2n) is 6.08. The Balaban J connectivity index is 2.40. The number of nitrogens with zero attached hydrogens (tertiary/aromatic N) is 1. The number of carbonyl (C=O) groups is 2. The number of allylic oxidation sites excluding steroid dienone is 1. The minimum Gasteiger partial charge on any atom is -0.497 e. The summed E-state index contributed by atoms with van der Waals surface area (Å²) in [5.74, 6) is 0.646. The molecule has 0 spiro atoms. The first kappa shape index (κ1) is 18.0. The van der Waals surface area contributed by atoms with E-state index >= 15 is 0 Å². The van der Waals surface area contributed by atoms with Gasteiger partial charge in [-0.2, -0.15) is 0 Å². The van der Waals surface area contributed by atoms with Crippen LogP contribution in [0.25, 0.3) is 0 Å². The van der Waals surface area contributed by atoms with E-state index < -0.39 is 6.04 Å². The minimum absolute atomic E-state index is 0.0554. The summed E-state index contributed by atoms with van der Waals surface area (Å²) in [5.41, 5.74) is 0.978. The lowest BCUT2D eigenvalue weighted by Crippen LogP contribution is -2.46. The Bertz CT molecular complexity index is 608. The molecular weight excluding hydrogens is 306 g/mol. The van der Waals surface area contributed by atoms with Gasteiger partial charge in [0.25, 0.3) is 0 Å². The predicted molar refractivity (Wildman–Crippen MR) is 91.6 cm³/mol. The van der Waals surface area contributed by atoms with Gasteiger partial charge in [-0.25, -0.2) is 4.79 Å². The van der Waals surface area contributed by atoms with Crippen LogP contribution in [0.4, 0.5) is 0 Å². The van der Waals surface area contributed by atoms with E-state index in [0.29, 0.717) is 6.42 Å². The zero-order valence-electron chi connectivity index (χ0n) is 14.7. The van der Waals surface area contributed by atoms with Crippen molar-refractivity contribution in [1.29, 1.82) is 0 Å². The van der Waals surface area contributed by atoms with Crippen LogP contribution in [0.1, 0.15) is 38.3 Å². The standard InChI is InChI=1S/C19H25NO4/c1-5-13(2)18(19(22)24-4)20-11-10-15(21)12-17(20)14-6-8-16(23-3)9-7-14/h6-11,13,17-18H,5,12H2,1-4H3/t13?,17-,18+/m0/s1. The van der Waals surface area contributed by atoms with Crippen molar-refractivity contribution in [1.82, 2.24) is 4.90 Å². The van der Waals surface area contributed by atoms with E-state index in [1.807, 2.05) is 43.0 Å². The molecule has 1 heterocycles. The van der Waals surface area contributed by atoms with Crippen LogP contribution in [0.3, 0.4) is 0 Å². The predicted octanol–water partition coefficient (Wildman–Crippen LogP) is 3.11. The maximum absolute atomic E-state index is 12.4. The molecule has 3 atom stereocenters. The molecule has 0 radical (unpaired) electrons. The number of benzene rings is 1. The van der Waals surface area contributed by atoms with E-state index in [9.17, 15) is 9.59 Å². The highest BCUT2D eigenvalue weighted by molar-refractivity contribution is 5.91. The molecule has 0 aliphatic carbocycles. The van der Waals surface area contributed by atoms with Gasteiger partial charge in [0, 0.05) is 12.6 Å². The zero-order chi connectivity index (χ0) is 17.7. The molecule has 0 fully saturated rings. The minimum atomic E-state index is -0.420. The van der Waals surface area contributed by atoms with Crippen LogP contribution in [-0.2, 0) is 14.3 Å². The van der Waals surface area contributed by atoms with Crippen LogP contribution >= 0.6 is 0 Å². The Hall–Kier alpha value is -2.30. The molecule has 1 aromatic rings. The van der Waals surface area contributed by atoms with Crippen LogP contribution in [0.2, 0.25) is 0 Å². The third-order valence-corrected chi connectivity index (χ3v) is 4.63. The van der Waals surface area contributed by atoms with Gasteiger partial charge in [-0.3, -0.25) is 4.79 Å². The van der Waals surface area contributed by atoms with Crippen molar-refractivity contribution in [3.05, 3.63) is 42.1 Å². The van der Waals surface area contributed by atoms with Gasteiger partial charge in [0.15, 0.2) is 5.78 Å². The van der Waals surface area contributed by atoms with Crippen LogP contribution in [0.5, 0.6) is 5.75 Å². The fourth-order valence-corrected chi connectivity index (χ4v) is 3.03. The molecular formula is C19H25NO4. The van der Waals surface area contributed by atoms with E-state index in [-0.39, 0.29) is 23.7 Å². The van der Waals surface area contributed by atoms with Crippen molar-refractivity contribution in [2.24, 2.45) is 5.92 Å². The van der Waals surface area contributed by atoms with Crippen LogP contribution in [0, 0.1) is 5.92 Å². The van der Waals surface area contributed by atoms with E-state index in [1.54, 1.807) is 19.4 Å². The number of carbonyl (C=O) groups excluding carboxylic acids is 2. The summed E-state index contributed by atoms with van der Waals surface area (Å²) >= 11 is 0. The lowest BCUT2D eigenvalue weighted by atomic mass is 9.90. The molecule has 0 saturated heterocycles. The smallest absolute Gasteiger partial charge is 0.328 e. The summed E-state index contributed by atoms with van der Waals surface area (Å²) in [6.07, 6.45) is 4.45. The summed E-state index contributed by atoms with van der Waals surface area (Å²) in [7, 11) is 3.02. The average molecular weight is 331 g/mol. The van der Waals surface area contributed by atoms with Crippen molar-refractivity contribution in [2.75, 3.05) is 14.2 Å². The van der Waals surface area contributed by atoms with E-state index in [0.717, 1.165) is 17.7 Å². The Morgan fingerprint density at radius 1 is 1.29 bits per heavy atom. The molecule has 24 heavy (non-hydrogen) atoms. The zero-order valence-corrected chi connectivity index (χ0v) is 14.7. The molecule has 0 bridgehead atoms. The molecule has 1 aliphatic heterocycles. The molecule has 5 heteroatoms. The second kappa shape index (κ2) is 7.99. The quantitative estimate of drug-likeness (QED) is 0.750. The number of esters is 1. The highest BCUT2D eigenvalue weighted by Crippen LogP contribution is 2.34. The van der Waals surface area contributed by atoms with Gasteiger partial charge in [-0.1, -0.05) is 32.4 Å². The molecule has 2 rings (SSSR count). The lowest BCUT2D eigenvalue weighted by molar-refractivity contribution is -0.149. The summed E-state index contributed by atoms with van der Waals surface area (Å²) in [6.45, 7) is 4.07. The summed E-state index contributed by atoms with van der Waals surface area (Å²) in [6, 6.07) is 7.00. The highest BCUT2D eigenvalue weighted by atomic mass is 16.5. The van der Waals surface area contributed by atoms with E-state index in [1.165, 1.54) is 7.11 Å². The molecule has 5 nitrogen and oxygen atoms in total. The molecule has 0 N–H and O–H groups in total. The Morgan fingerprint density at radius 3 is 2.50 bits per heavy atom. The SMILES string of the molecule is CCC(C)[C@H](C(=O)OC)N1C=CC(=O)C[C@H]1c1ccc(OC)cc1. The normalized spacial score (nSPS) is 19.8. The van der Waals surface area contributed by atoms with Gasteiger partial charge in [0.2, 0.25) is 0 Å². The topological polar surface area (TPSA) is 55.8 Å². The maximum atomic E-state index is 12.4. The van der Waals surface area contributed by atoms with Crippen LogP contribution in [-0.4, -0.2) is 36.9 Å². The Kier molecular flexibility index (Phi) is 6.01. The van der Waals surface area contributed by atoms with Gasteiger partial charge < -0.3 is 14.4 Å². The van der Waals surface area contributed by atoms with Gasteiger partial charge in [0.05, 0.1) is 20.3 Å². The third-order valence-electron chi connectivity index (χ3n) is 4.63. The number of methoxy groups -OCH3 is 2. The van der Waals surface area contributed by atoms with Gasteiger partial charge in [-0.15, -0.1) is 0 Å². The Morgan fingerprint density at radius 2 is 1.96 bits per heavy atom. The van der Waals surface area contributed by atoms with Crippen molar-refractivity contribution < 1.29 is 19.1 Å². The molecule has 0 amide bonds. The first-order valence-electron chi connectivity index (χ1n) is 8.22. The van der Waals surface area contributed by atoms with Gasteiger partial charge in [-0.05, 0) is 29.7 Å². The number of rotatable bonds is 6. The van der Waals surface area contributed by atoms with Crippen molar-refractivity contribution in [3.8, 4) is 5.75 Å². The molecule has 1 aliphatic rings. The van der Waals surface area contributed by atoms with Crippen LogP contribution < -0.4 is 4.74 Å². The van der Waals surface area contributed by atoms with Gasteiger partial charge >= 0.3 is 5.97 Å². The average Bonchev–Trinajstić information content (AvgIpc) is 2.62. The third kappa shape index (κ3) is 3.78. The fraction of sp³-hybridized carbons (Fsp3) is 0.474. The monoisotopic (exact) mass is 331 g/mol. The van der Waals surface area contributed by atoms with Crippen LogP contribution in [0.15, 0.2) is 36.5 Å². The summed E-state index contributed by atoms with van der Waals surface area (Å²) in [5, 5.41) is 0. The number of ether oxygens (including phenoxy) is 2. The largest absolute Gasteiger partial charge is 0.497 e. The molecule has 0 aromatic heterocycles. The number of hydrogen-bond acceptors (Lipinski definition) is 5. The summed E-state index contributed by atoms with van der Waals surface area (Å²) < 4.78 is 10.2. The summed E-state index contributed by atoms with van der Waals surface area (Å²) in [4.78, 5) is 26.3. The first-order valence-corrected chi connectivity index (χ1v) is 8.22. The van der Waals surface area contributed by atoms with E-state index in [2.05, 4.69) is 0 Å².